The van der Waals surface area contributed by atoms with Gasteiger partial charge in [-0.15, -0.1) is 0 Å². The van der Waals surface area contributed by atoms with E-state index in [0.29, 0.717) is 0 Å². The molecule has 0 fully saturated rings. The fourth-order valence-corrected chi connectivity index (χ4v) is 1.90. The zero-order valence-corrected chi connectivity index (χ0v) is 9.64. The van der Waals surface area contributed by atoms with Gasteiger partial charge in [0, 0.05) is 15.1 Å². The molecule has 0 aliphatic rings. The maximum Gasteiger partial charge on any atom is 0.0521 e. The minimum absolute atomic E-state index is 0.273. The highest BCUT2D eigenvalue weighted by Crippen LogP contribution is 2.13. The van der Waals surface area contributed by atoms with Crippen molar-refractivity contribution in [1.29, 1.82) is 0 Å². The number of thioether (sulfide) groups is 1. The van der Waals surface area contributed by atoms with Crippen molar-refractivity contribution >= 4 is 34.4 Å². The van der Waals surface area contributed by atoms with Gasteiger partial charge in [-0.3, -0.25) is 0 Å². The molecule has 0 aliphatic heterocycles. The summed E-state index contributed by atoms with van der Waals surface area (Å²) in [4.78, 5) is 0. The van der Waals surface area contributed by atoms with Crippen molar-refractivity contribution in [3.8, 4) is 0 Å². The molecule has 0 heterocycles. The highest BCUT2D eigenvalue weighted by Gasteiger charge is 1.92. The van der Waals surface area contributed by atoms with Crippen LogP contribution in [0.1, 0.15) is 5.56 Å². The molecule has 1 rings (SSSR count). The molecule has 66 valence electrons. The predicted molar refractivity (Wildman–Crippen MR) is 62.4 cm³/mol. The summed E-state index contributed by atoms with van der Waals surface area (Å²) in [6.45, 7) is 0.273. The van der Waals surface area contributed by atoms with Crippen molar-refractivity contribution in [3.05, 3.63) is 33.4 Å². The number of halogens is 1. The molecule has 0 radical (unpaired) electrons. The largest absolute Gasteiger partial charge is 0.396 e. The second-order valence-electron chi connectivity index (χ2n) is 2.40. The molecule has 0 saturated carbocycles. The highest BCUT2D eigenvalue weighted by molar-refractivity contribution is 14.1. The molecule has 0 bridgehead atoms. The average Bonchev–Trinajstić information content (AvgIpc) is 2.09. The van der Waals surface area contributed by atoms with Gasteiger partial charge in [-0.05, 0) is 40.3 Å². The number of hydrogen-bond donors (Lipinski definition) is 1. The first kappa shape index (κ1) is 10.3. The molecule has 0 spiro atoms. The first-order chi connectivity index (χ1) is 5.83. The summed E-state index contributed by atoms with van der Waals surface area (Å²) in [6.07, 6.45) is 0. The third kappa shape index (κ3) is 3.78. The van der Waals surface area contributed by atoms with E-state index in [1.165, 1.54) is 9.13 Å². The van der Waals surface area contributed by atoms with Crippen molar-refractivity contribution in [2.75, 3.05) is 12.4 Å². The van der Waals surface area contributed by atoms with E-state index < -0.39 is 0 Å². The Hall–Kier alpha value is 0.260. The number of aliphatic hydroxyl groups excluding tert-OH is 1. The SMILES string of the molecule is OCCSCc1ccc(I)cc1. The van der Waals surface area contributed by atoms with Crippen LogP contribution in [-0.4, -0.2) is 17.5 Å². The Balaban J connectivity index is 2.37. The first-order valence-corrected chi connectivity index (χ1v) is 5.99. The van der Waals surface area contributed by atoms with E-state index in [9.17, 15) is 0 Å². The summed E-state index contributed by atoms with van der Waals surface area (Å²) >= 11 is 4.05. The van der Waals surface area contributed by atoms with Crippen LogP contribution in [0.25, 0.3) is 0 Å². The summed E-state index contributed by atoms with van der Waals surface area (Å²) in [5.41, 5.74) is 1.33. The zero-order valence-electron chi connectivity index (χ0n) is 6.66. The summed E-state index contributed by atoms with van der Waals surface area (Å²) in [5.74, 6) is 1.82. The smallest absolute Gasteiger partial charge is 0.0521 e. The molecule has 1 aromatic rings. The van der Waals surface area contributed by atoms with Crippen LogP contribution >= 0.6 is 34.4 Å². The molecule has 1 N–H and O–H groups in total. The maximum atomic E-state index is 8.57. The molecule has 0 amide bonds. The molecule has 1 aromatic carbocycles. The quantitative estimate of drug-likeness (QED) is 0.680. The zero-order chi connectivity index (χ0) is 8.81. The van der Waals surface area contributed by atoms with Gasteiger partial charge in [-0.25, -0.2) is 0 Å². The van der Waals surface area contributed by atoms with Crippen LogP contribution < -0.4 is 0 Å². The Morgan fingerprint density at radius 2 is 1.92 bits per heavy atom. The lowest BCUT2D eigenvalue weighted by Crippen LogP contribution is -1.87. The van der Waals surface area contributed by atoms with Gasteiger partial charge in [0.1, 0.15) is 0 Å². The van der Waals surface area contributed by atoms with E-state index in [1.807, 2.05) is 0 Å². The normalized spacial score (nSPS) is 10.2. The van der Waals surface area contributed by atoms with E-state index in [1.54, 1.807) is 11.8 Å². The van der Waals surface area contributed by atoms with Crippen LogP contribution in [0.15, 0.2) is 24.3 Å². The van der Waals surface area contributed by atoms with Gasteiger partial charge in [-0.1, -0.05) is 12.1 Å². The third-order valence-corrected chi connectivity index (χ3v) is 3.15. The van der Waals surface area contributed by atoms with Gasteiger partial charge in [0.2, 0.25) is 0 Å². The van der Waals surface area contributed by atoms with Gasteiger partial charge in [0.05, 0.1) is 6.61 Å². The summed E-state index contributed by atoms with van der Waals surface area (Å²) in [5, 5.41) is 8.57. The molecule has 0 aliphatic carbocycles. The van der Waals surface area contributed by atoms with Gasteiger partial charge in [-0.2, -0.15) is 11.8 Å². The second kappa shape index (κ2) is 5.83. The van der Waals surface area contributed by atoms with Gasteiger partial charge >= 0.3 is 0 Å². The molecular weight excluding hydrogens is 283 g/mol. The third-order valence-electron chi connectivity index (χ3n) is 1.42. The molecule has 0 unspecified atom stereocenters. The van der Waals surface area contributed by atoms with Gasteiger partial charge in [0.15, 0.2) is 0 Å². The van der Waals surface area contributed by atoms with Crippen molar-refractivity contribution in [2.45, 2.75) is 5.75 Å². The van der Waals surface area contributed by atoms with E-state index in [-0.39, 0.29) is 6.61 Å². The second-order valence-corrected chi connectivity index (χ2v) is 4.75. The number of aliphatic hydroxyl groups is 1. The Bertz CT molecular complexity index is 222. The lowest BCUT2D eigenvalue weighted by atomic mass is 10.2. The Kier molecular flexibility index (Phi) is 5.02. The Labute approximate surface area is 90.7 Å². The van der Waals surface area contributed by atoms with Crippen LogP contribution in [0.4, 0.5) is 0 Å². The topological polar surface area (TPSA) is 20.2 Å². The molecule has 1 nitrogen and oxygen atoms in total. The summed E-state index contributed by atoms with van der Waals surface area (Å²) in [7, 11) is 0. The minimum Gasteiger partial charge on any atom is -0.396 e. The van der Waals surface area contributed by atoms with Gasteiger partial charge in [0.25, 0.3) is 0 Å². The van der Waals surface area contributed by atoms with E-state index in [0.717, 1.165) is 11.5 Å². The molecular formula is C9H11IOS. The number of hydrogen-bond acceptors (Lipinski definition) is 2. The number of rotatable bonds is 4. The van der Waals surface area contributed by atoms with Crippen LogP contribution in [-0.2, 0) is 5.75 Å². The Morgan fingerprint density at radius 3 is 2.50 bits per heavy atom. The first-order valence-electron chi connectivity index (χ1n) is 3.76. The monoisotopic (exact) mass is 294 g/mol. The highest BCUT2D eigenvalue weighted by atomic mass is 127. The Morgan fingerprint density at radius 1 is 1.25 bits per heavy atom. The van der Waals surface area contributed by atoms with Crippen LogP contribution in [0, 0.1) is 3.57 Å². The average molecular weight is 294 g/mol. The lowest BCUT2D eigenvalue weighted by molar-refractivity contribution is 0.322. The summed E-state index contributed by atoms with van der Waals surface area (Å²) in [6, 6.07) is 8.48. The van der Waals surface area contributed by atoms with Gasteiger partial charge < -0.3 is 5.11 Å². The molecule has 0 aromatic heterocycles. The predicted octanol–water partition coefficient (Wildman–Crippen LogP) is 2.52. The minimum atomic E-state index is 0.273. The molecule has 0 atom stereocenters. The molecule has 0 saturated heterocycles. The standard InChI is InChI=1S/C9H11IOS/c10-9-3-1-8(2-4-9)7-12-6-5-11/h1-4,11H,5-7H2. The van der Waals surface area contributed by atoms with E-state index >= 15 is 0 Å². The van der Waals surface area contributed by atoms with Crippen molar-refractivity contribution < 1.29 is 5.11 Å². The molecule has 3 heteroatoms. The van der Waals surface area contributed by atoms with E-state index in [4.69, 9.17) is 5.11 Å². The van der Waals surface area contributed by atoms with Crippen LogP contribution in [0.2, 0.25) is 0 Å². The lowest BCUT2D eigenvalue weighted by Gasteiger charge is -1.99. The fourth-order valence-electron chi connectivity index (χ4n) is 0.835. The van der Waals surface area contributed by atoms with Crippen molar-refractivity contribution in [3.63, 3.8) is 0 Å². The van der Waals surface area contributed by atoms with E-state index in [2.05, 4.69) is 46.9 Å². The van der Waals surface area contributed by atoms with Crippen LogP contribution in [0.3, 0.4) is 0 Å². The number of benzene rings is 1. The molecule has 12 heavy (non-hydrogen) atoms. The maximum absolute atomic E-state index is 8.57. The van der Waals surface area contributed by atoms with Crippen molar-refractivity contribution in [2.24, 2.45) is 0 Å². The summed E-state index contributed by atoms with van der Waals surface area (Å²) < 4.78 is 1.27. The van der Waals surface area contributed by atoms with Crippen molar-refractivity contribution in [1.82, 2.24) is 0 Å². The fraction of sp³-hybridized carbons (Fsp3) is 0.333. The van der Waals surface area contributed by atoms with Crippen LogP contribution in [0.5, 0.6) is 0 Å².